The first-order chi connectivity index (χ1) is 2.41. The highest BCUT2D eigenvalue weighted by atomic mass is 28.2. The molecule has 0 fully saturated rings. The zero-order valence-corrected chi connectivity index (χ0v) is 4.68. The van der Waals surface area contributed by atoms with Crippen molar-refractivity contribution in [1.29, 1.82) is 0 Å². The van der Waals surface area contributed by atoms with Crippen molar-refractivity contribution in [3.63, 3.8) is 0 Å². The SMILES string of the molecule is CO[SiH2]CO. The molecule has 3 heteroatoms. The molecule has 32 valence electrons. The van der Waals surface area contributed by atoms with Crippen LogP contribution in [0.2, 0.25) is 0 Å². The highest BCUT2D eigenvalue weighted by molar-refractivity contribution is 6.26. The van der Waals surface area contributed by atoms with Gasteiger partial charge in [-0.05, 0) is 0 Å². The minimum atomic E-state index is -0.512. The second-order valence-electron chi connectivity index (χ2n) is 0.716. The van der Waals surface area contributed by atoms with Crippen molar-refractivity contribution in [3.05, 3.63) is 0 Å². The molecule has 0 spiro atoms. The maximum Gasteiger partial charge on any atom is 0.186 e. The molecule has 0 saturated heterocycles. The average molecular weight is 92.2 g/mol. The maximum absolute atomic E-state index is 8.00. The van der Waals surface area contributed by atoms with Crippen LogP contribution in [0.15, 0.2) is 0 Å². The summed E-state index contributed by atoms with van der Waals surface area (Å²) in [6.45, 7) is 0. The molecule has 0 aromatic carbocycles. The van der Waals surface area contributed by atoms with Gasteiger partial charge in [0.25, 0.3) is 0 Å². The van der Waals surface area contributed by atoms with Gasteiger partial charge in [-0.3, -0.25) is 0 Å². The van der Waals surface area contributed by atoms with Crippen molar-refractivity contribution in [1.82, 2.24) is 0 Å². The molecule has 0 heterocycles. The fourth-order valence-corrected chi connectivity index (χ4v) is 0.274. The first-order valence-corrected chi connectivity index (χ1v) is 3.09. The molecule has 5 heavy (non-hydrogen) atoms. The van der Waals surface area contributed by atoms with Gasteiger partial charge in [-0.25, -0.2) is 0 Å². The van der Waals surface area contributed by atoms with Gasteiger partial charge in [0, 0.05) is 7.11 Å². The lowest BCUT2D eigenvalue weighted by Gasteiger charge is -1.82. The van der Waals surface area contributed by atoms with E-state index >= 15 is 0 Å². The molecule has 0 radical (unpaired) electrons. The summed E-state index contributed by atoms with van der Waals surface area (Å²) in [7, 11) is 1.10. The van der Waals surface area contributed by atoms with E-state index in [1.54, 1.807) is 7.11 Å². The Morgan fingerprint density at radius 1 is 2.00 bits per heavy atom. The van der Waals surface area contributed by atoms with Crippen LogP contribution in [-0.2, 0) is 4.43 Å². The smallest absolute Gasteiger partial charge is 0.186 e. The molecule has 0 aliphatic heterocycles. The van der Waals surface area contributed by atoms with Gasteiger partial charge >= 0.3 is 0 Å². The largest absolute Gasteiger partial charge is 0.425 e. The van der Waals surface area contributed by atoms with Crippen LogP contribution in [0.3, 0.4) is 0 Å². The third-order valence-electron chi connectivity index (χ3n) is 0.295. The topological polar surface area (TPSA) is 29.5 Å². The van der Waals surface area contributed by atoms with Crippen molar-refractivity contribution < 1.29 is 9.53 Å². The Hall–Kier alpha value is 0.137. The minimum Gasteiger partial charge on any atom is -0.425 e. The van der Waals surface area contributed by atoms with E-state index in [4.69, 9.17) is 5.11 Å². The predicted molar refractivity (Wildman–Crippen MR) is 22.6 cm³/mol. The highest BCUT2D eigenvalue weighted by Gasteiger charge is 1.70. The molecule has 0 aliphatic carbocycles. The van der Waals surface area contributed by atoms with E-state index in [9.17, 15) is 0 Å². The molecular weight excluding hydrogens is 84.1 g/mol. The van der Waals surface area contributed by atoms with Crippen LogP contribution >= 0.6 is 0 Å². The van der Waals surface area contributed by atoms with Gasteiger partial charge in [0.15, 0.2) is 9.76 Å². The summed E-state index contributed by atoms with van der Waals surface area (Å²) in [6.07, 6.45) is 0.260. The van der Waals surface area contributed by atoms with Gasteiger partial charge in [-0.15, -0.1) is 0 Å². The molecule has 2 nitrogen and oxygen atoms in total. The average Bonchev–Trinajstić information content (AvgIpc) is 1.41. The summed E-state index contributed by atoms with van der Waals surface area (Å²) in [5, 5.41) is 8.00. The van der Waals surface area contributed by atoms with Crippen LogP contribution in [0.4, 0.5) is 0 Å². The summed E-state index contributed by atoms with van der Waals surface area (Å²) in [6, 6.07) is 0. The standard InChI is InChI=1S/C2H8O2Si/c1-4-5-2-3/h3H,2,5H2,1H3. The Kier molecular flexibility index (Phi) is 4.25. The van der Waals surface area contributed by atoms with Crippen LogP contribution in [0, 0.1) is 0 Å². The molecule has 0 rings (SSSR count). The fraction of sp³-hybridized carbons (Fsp3) is 1.00. The molecule has 0 aromatic heterocycles. The maximum atomic E-state index is 8.00. The van der Waals surface area contributed by atoms with E-state index < -0.39 is 9.76 Å². The zero-order chi connectivity index (χ0) is 4.12. The van der Waals surface area contributed by atoms with Crippen LogP contribution in [0.25, 0.3) is 0 Å². The van der Waals surface area contributed by atoms with Crippen LogP contribution in [-0.4, -0.2) is 28.2 Å². The Labute approximate surface area is 33.7 Å². The summed E-state index contributed by atoms with van der Waals surface area (Å²) in [4.78, 5) is 0. The van der Waals surface area contributed by atoms with E-state index in [-0.39, 0.29) is 6.23 Å². The molecular formula is C2H8O2Si. The van der Waals surface area contributed by atoms with Gasteiger partial charge in [0.05, 0.1) is 6.23 Å². The monoisotopic (exact) mass is 92.0 g/mol. The second-order valence-corrected chi connectivity index (χ2v) is 2.15. The Bertz CT molecular complexity index is 15.1. The lowest BCUT2D eigenvalue weighted by Crippen LogP contribution is -1.97. The van der Waals surface area contributed by atoms with Crippen molar-refractivity contribution in [3.8, 4) is 0 Å². The van der Waals surface area contributed by atoms with Crippen molar-refractivity contribution in [2.75, 3.05) is 13.3 Å². The first-order valence-electron chi connectivity index (χ1n) is 1.51. The molecule has 0 aliphatic rings. The van der Waals surface area contributed by atoms with E-state index in [2.05, 4.69) is 4.43 Å². The van der Waals surface area contributed by atoms with Crippen molar-refractivity contribution >= 4 is 9.76 Å². The van der Waals surface area contributed by atoms with Gasteiger partial charge in [-0.2, -0.15) is 0 Å². The fourth-order valence-electron chi connectivity index (χ4n) is 0.0913. The number of rotatable bonds is 2. The van der Waals surface area contributed by atoms with Crippen molar-refractivity contribution in [2.45, 2.75) is 0 Å². The molecule has 0 bridgehead atoms. The second kappa shape index (κ2) is 4.14. The summed E-state index contributed by atoms with van der Waals surface area (Å²) in [5.74, 6) is 0. The Morgan fingerprint density at radius 2 is 2.60 bits per heavy atom. The lowest BCUT2D eigenvalue weighted by molar-refractivity contribution is 0.330. The van der Waals surface area contributed by atoms with Crippen LogP contribution < -0.4 is 0 Å². The minimum absolute atomic E-state index is 0.260. The summed E-state index contributed by atoms with van der Waals surface area (Å²) < 4.78 is 4.58. The van der Waals surface area contributed by atoms with Crippen LogP contribution in [0.1, 0.15) is 0 Å². The third kappa shape index (κ3) is 4.14. The van der Waals surface area contributed by atoms with Gasteiger partial charge in [-0.1, -0.05) is 0 Å². The summed E-state index contributed by atoms with van der Waals surface area (Å²) >= 11 is 0. The van der Waals surface area contributed by atoms with E-state index in [1.165, 1.54) is 0 Å². The number of hydrogen-bond acceptors (Lipinski definition) is 2. The molecule has 0 atom stereocenters. The number of hydrogen-bond donors (Lipinski definition) is 1. The molecule has 0 aromatic rings. The lowest BCUT2D eigenvalue weighted by atomic mass is 11.7. The zero-order valence-electron chi connectivity index (χ0n) is 3.27. The first kappa shape index (κ1) is 5.14. The molecule has 0 amide bonds. The van der Waals surface area contributed by atoms with Gasteiger partial charge in [0.2, 0.25) is 0 Å². The van der Waals surface area contributed by atoms with E-state index in [0.717, 1.165) is 0 Å². The van der Waals surface area contributed by atoms with E-state index in [0.29, 0.717) is 0 Å². The van der Waals surface area contributed by atoms with Crippen molar-refractivity contribution in [2.24, 2.45) is 0 Å². The van der Waals surface area contributed by atoms with Gasteiger partial charge < -0.3 is 9.53 Å². The third-order valence-corrected chi connectivity index (χ3v) is 0.886. The van der Waals surface area contributed by atoms with Gasteiger partial charge in [0.1, 0.15) is 0 Å². The quantitative estimate of drug-likeness (QED) is 0.427. The molecule has 0 unspecified atom stereocenters. The Morgan fingerprint density at radius 3 is 2.60 bits per heavy atom. The highest BCUT2D eigenvalue weighted by Crippen LogP contribution is 1.51. The Balaban J connectivity index is 2.19. The van der Waals surface area contributed by atoms with Crippen LogP contribution in [0.5, 0.6) is 0 Å². The molecule has 1 N–H and O–H groups in total. The normalized spacial score (nSPS) is 10.8. The number of aliphatic hydroxyl groups is 1. The number of aliphatic hydroxyl groups excluding tert-OH is 1. The summed E-state index contributed by atoms with van der Waals surface area (Å²) in [5.41, 5.74) is 0. The predicted octanol–water partition coefficient (Wildman–Crippen LogP) is -1.33. The molecule has 0 saturated carbocycles. The van der Waals surface area contributed by atoms with E-state index in [1.807, 2.05) is 0 Å².